The van der Waals surface area contributed by atoms with Crippen molar-refractivity contribution in [3.8, 4) is 5.75 Å². The standard InChI is InChI=1S/C11H12N2O3/c14-11-13-10-8(2-1-3-9(10)16-11)15-7-4-5-12-6-7/h1-3,7,12H,4-6H2,(H,13,14). The highest BCUT2D eigenvalue weighted by Crippen LogP contribution is 2.24. The molecule has 0 bridgehead atoms. The lowest BCUT2D eigenvalue weighted by molar-refractivity contribution is 0.225. The molecule has 1 atom stereocenters. The number of ether oxygens (including phenoxy) is 1. The number of H-pyrrole nitrogens is 1. The number of fused-ring (bicyclic) bond motifs is 1. The van der Waals surface area contributed by atoms with E-state index in [1.54, 1.807) is 6.07 Å². The summed E-state index contributed by atoms with van der Waals surface area (Å²) in [5.74, 6) is 0.229. The Labute approximate surface area is 91.4 Å². The molecule has 1 aromatic heterocycles. The Hall–Kier alpha value is -1.75. The van der Waals surface area contributed by atoms with Crippen molar-refractivity contribution in [3.63, 3.8) is 0 Å². The maximum absolute atomic E-state index is 11.1. The highest BCUT2D eigenvalue weighted by molar-refractivity contribution is 5.79. The zero-order chi connectivity index (χ0) is 11.0. The third kappa shape index (κ3) is 1.59. The molecule has 5 nitrogen and oxygen atoms in total. The highest BCUT2D eigenvalue weighted by Gasteiger charge is 2.17. The maximum Gasteiger partial charge on any atom is 0.417 e. The Morgan fingerprint density at radius 3 is 3.19 bits per heavy atom. The fraction of sp³-hybridized carbons (Fsp3) is 0.364. The molecule has 0 saturated carbocycles. The average molecular weight is 220 g/mol. The largest absolute Gasteiger partial charge is 0.487 e. The molecule has 0 amide bonds. The van der Waals surface area contributed by atoms with Crippen LogP contribution in [0.3, 0.4) is 0 Å². The second-order valence-corrected chi connectivity index (χ2v) is 3.88. The van der Waals surface area contributed by atoms with Crippen LogP contribution in [-0.4, -0.2) is 24.2 Å². The Morgan fingerprint density at radius 2 is 2.38 bits per heavy atom. The molecule has 5 heteroatoms. The summed E-state index contributed by atoms with van der Waals surface area (Å²) in [5.41, 5.74) is 1.17. The van der Waals surface area contributed by atoms with Gasteiger partial charge in [0.2, 0.25) is 0 Å². The van der Waals surface area contributed by atoms with E-state index in [1.165, 1.54) is 0 Å². The molecular formula is C11H12N2O3. The number of benzene rings is 1. The quantitative estimate of drug-likeness (QED) is 0.787. The predicted octanol–water partition coefficient (Wildman–Crippen LogP) is 0.862. The molecular weight excluding hydrogens is 208 g/mol. The Balaban J connectivity index is 1.98. The monoisotopic (exact) mass is 220 g/mol. The van der Waals surface area contributed by atoms with Gasteiger partial charge >= 0.3 is 5.76 Å². The van der Waals surface area contributed by atoms with Crippen LogP contribution in [-0.2, 0) is 0 Å². The number of hydrogen-bond donors (Lipinski definition) is 2. The molecule has 1 aliphatic heterocycles. The van der Waals surface area contributed by atoms with Gasteiger partial charge in [0.15, 0.2) is 5.58 Å². The fourth-order valence-corrected chi connectivity index (χ4v) is 1.95. The summed E-state index contributed by atoms with van der Waals surface area (Å²) in [6.07, 6.45) is 1.15. The van der Waals surface area contributed by atoms with E-state index in [0.717, 1.165) is 19.5 Å². The van der Waals surface area contributed by atoms with Crippen molar-refractivity contribution in [2.24, 2.45) is 0 Å². The normalized spacial score (nSPS) is 20.4. The molecule has 1 saturated heterocycles. The van der Waals surface area contributed by atoms with Crippen LogP contribution < -0.4 is 15.8 Å². The van der Waals surface area contributed by atoms with Crippen molar-refractivity contribution in [1.82, 2.24) is 10.3 Å². The van der Waals surface area contributed by atoms with Gasteiger partial charge in [-0.05, 0) is 25.1 Å². The van der Waals surface area contributed by atoms with Crippen LogP contribution in [0.4, 0.5) is 0 Å². The molecule has 84 valence electrons. The number of oxazole rings is 1. The molecule has 2 N–H and O–H groups in total. The summed E-state index contributed by atoms with van der Waals surface area (Å²) in [6, 6.07) is 5.40. The van der Waals surface area contributed by atoms with Crippen LogP contribution in [0.2, 0.25) is 0 Å². The van der Waals surface area contributed by atoms with E-state index in [2.05, 4.69) is 10.3 Å². The maximum atomic E-state index is 11.1. The minimum atomic E-state index is -0.449. The van der Waals surface area contributed by atoms with Crippen molar-refractivity contribution in [3.05, 3.63) is 28.7 Å². The second kappa shape index (κ2) is 3.68. The van der Waals surface area contributed by atoms with Crippen molar-refractivity contribution >= 4 is 11.1 Å². The van der Waals surface area contributed by atoms with Crippen molar-refractivity contribution in [2.45, 2.75) is 12.5 Å². The zero-order valence-corrected chi connectivity index (χ0v) is 8.66. The topological polar surface area (TPSA) is 67.3 Å². The first-order valence-electron chi connectivity index (χ1n) is 5.32. The highest BCUT2D eigenvalue weighted by atomic mass is 16.5. The van der Waals surface area contributed by atoms with Crippen molar-refractivity contribution < 1.29 is 9.15 Å². The number of nitrogens with one attached hydrogen (secondary N) is 2. The summed E-state index contributed by atoms with van der Waals surface area (Å²) in [4.78, 5) is 13.7. The summed E-state index contributed by atoms with van der Waals surface area (Å²) in [6.45, 7) is 1.82. The molecule has 0 radical (unpaired) electrons. The zero-order valence-electron chi connectivity index (χ0n) is 8.66. The molecule has 1 unspecified atom stereocenters. The summed E-state index contributed by atoms with van der Waals surface area (Å²) < 4.78 is 10.8. The fourth-order valence-electron chi connectivity index (χ4n) is 1.95. The van der Waals surface area contributed by atoms with Gasteiger partial charge in [-0.25, -0.2) is 4.79 Å². The molecule has 0 aliphatic carbocycles. The predicted molar refractivity (Wildman–Crippen MR) is 58.7 cm³/mol. The van der Waals surface area contributed by atoms with Crippen molar-refractivity contribution in [2.75, 3.05) is 13.1 Å². The van der Waals surface area contributed by atoms with E-state index in [0.29, 0.717) is 16.8 Å². The molecule has 2 aromatic rings. The summed E-state index contributed by atoms with van der Waals surface area (Å²) >= 11 is 0. The first-order valence-corrected chi connectivity index (χ1v) is 5.32. The van der Waals surface area contributed by atoms with E-state index < -0.39 is 5.76 Å². The van der Waals surface area contributed by atoms with Crippen molar-refractivity contribution in [1.29, 1.82) is 0 Å². The van der Waals surface area contributed by atoms with Gasteiger partial charge in [0.05, 0.1) is 0 Å². The van der Waals surface area contributed by atoms with E-state index >= 15 is 0 Å². The second-order valence-electron chi connectivity index (χ2n) is 3.88. The Morgan fingerprint density at radius 1 is 1.44 bits per heavy atom. The Bertz CT molecular complexity index is 552. The molecule has 1 aliphatic rings. The van der Waals surface area contributed by atoms with Crippen LogP contribution in [0.25, 0.3) is 11.1 Å². The number of aromatic nitrogens is 1. The smallest absolute Gasteiger partial charge is 0.417 e. The van der Waals surface area contributed by atoms with Crippen LogP contribution in [0.1, 0.15) is 6.42 Å². The van der Waals surface area contributed by atoms with Crippen LogP contribution in [0.15, 0.2) is 27.4 Å². The SMILES string of the molecule is O=c1[nH]c2c(OC3CCNC3)cccc2o1. The first kappa shape index (κ1) is 9.47. The minimum absolute atomic E-state index is 0.170. The lowest BCUT2D eigenvalue weighted by atomic mass is 10.3. The van der Waals surface area contributed by atoms with Gasteiger partial charge in [-0.1, -0.05) is 6.07 Å². The van der Waals surface area contributed by atoms with E-state index in [4.69, 9.17) is 9.15 Å². The van der Waals surface area contributed by atoms with Crippen LogP contribution in [0, 0.1) is 0 Å². The van der Waals surface area contributed by atoms with Gasteiger partial charge < -0.3 is 14.5 Å². The van der Waals surface area contributed by atoms with E-state index in [1.807, 2.05) is 12.1 Å². The molecule has 0 spiro atoms. The van der Waals surface area contributed by atoms with Crippen LogP contribution >= 0.6 is 0 Å². The number of rotatable bonds is 2. The molecule has 1 aromatic carbocycles. The lowest BCUT2D eigenvalue weighted by Gasteiger charge is -2.12. The first-order chi connectivity index (χ1) is 7.83. The average Bonchev–Trinajstić information content (AvgIpc) is 2.86. The van der Waals surface area contributed by atoms with Gasteiger partial charge in [0.25, 0.3) is 0 Å². The summed E-state index contributed by atoms with van der Waals surface area (Å²) in [5, 5.41) is 3.23. The van der Waals surface area contributed by atoms with Crippen LogP contribution in [0.5, 0.6) is 5.75 Å². The van der Waals surface area contributed by atoms with Gasteiger partial charge in [-0.2, -0.15) is 0 Å². The number of hydrogen-bond acceptors (Lipinski definition) is 4. The molecule has 16 heavy (non-hydrogen) atoms. The Kier molecular flexibility index (Phi) is 2.18. The van der Waals surface area contributed by atoms with E-state index in [-0.39, 0.29) is 6.10 Å². The molecule has 2 heterocycles. The lowest BCUT2D eigenvalue weighted by Crippen LogP contribution is -2.19. The van der Waals surface area contributed by atoms with Gasteiger partial charge in [-0.15, -0.1) is 0 Å². The van der Waals surface area contributed by atoms with Gasteiger partial charge in [0, 0.05) is 6.54 Å². The van der Waals surface area contributed by atoms with E-state index in [9.17, 15) is 4.79 Å². The third-order valence-corrected chi connectivity index (χ3v) is 2.73. The third-order valence-electron chi connectivity index (χ3n) is 2.73. The summed E-state index contributed by atoms with van der Waals surface area (Å²) in [7, 11) is 0. The molecule has 3 rings (SSSR count). The van der Waals surface area contributed by atoms with Gasteiger partial charge in [-0.3, -0.25) is 4.98 Å². The number of aromatic amines is 1. The minimum Gasteiger partial charge on any atom is -0.487 e. The number of para-hydroxylation sites is 1. The molecule has 1 fully saturated rings. The van der Waals surface area contributed by atoms with Gasteiger partial charge in [0.1, 0.15) is 17.4 Å².